The van der Waals surface area contributed by atoms with Gasteiger partial charge in [0, 0.05) is 13.1 Å². The molecule has 0 fully saturated rings. The summed E-state index contributed by atoms with van der Waals surface area (Å²) in [5.41, 5.74) is 4.35. The normalized spacial score (nSPS) is 12.3. The Hall–Kier alpha value is -2.87. The fraction of sp³-hybridized carbons (Fsp3) is 0.481. The first-order valence-corrected chi connectivity index (χ1v) is 13.9. The molecular formula is C27H39N3O4S. The number of hydrogen-bond acceptors (Lipinski definition) is 4. The molecule has 0 saturated heterocycles. The summed E-state index contributed by atoms with van der Waals surface area (Å²) in [6.45, 7) is 12.0. The standard InChI is InChI=1S/C27H39N3O4S/c1-8-25(27(32)28-16-19(2)3)29(17-23-12-9-20(4)10-13-23)26(31)18-30(35(7,33)34)24-14-11-21(5)22(6)15-24/h9-15,19,25H,8,16-18H2,1-7H3,(H,28,32)/t25-/m0/s1. The number of carbonyl (C=O) groups is 2. The maximum Gasteiger partial charge on any atom is 0.244 e. The molecule has 0 unspecified atom stereocenters. The quantitative estimate of drug-likeness (QED) is 0.505. The van der Waals surface area contributed by atoms with Crippen LogP contribution in [0.1, 0.15) is 49.4 Å². The Morgan fingerprint density at radius 2 is 1.60 bits per heavy atom. The topological polar surface area (TPSA) is 86.8 Å². The lowest BCUT2D eigenvalue weighted by Gasteiger charge is -2.33. The van der Waals surface area contributed by atoms with Gasteiger partial charge in [0.1, 0.15) is 12.6 Å². The van der Waals surface area contributed by atoms with Gasteiger partial charge in [-0.05, 0) is 61.9 Å². The number of amides is 2. The summed E-state index contributed by atoms with van der Waals surface area (Å²) in [7, 11) is -3.74. The van der Waals surface area contributed by atoms with Crippen molar-refractivity contribution in [2.45, 2.75) is 60.5 Å². The highest BCUT2D eigenvalue weighted by Crippen LogP contribution is 2.22. The zero-order valence-corrected chi connectivity index (χ0v) is 22.8. The van der Waals surface area contributed by atoms with E-state index >= 15 is 0 Å². The number of nitrogens with zero attached hydrogens (tertiary/aromatic N) is 2. The van der Waals surface area contributed by atoms with Crippen LogP contribution in [0.5, 0.6) is 0 Å². The molecule has 0 saturated carbocycles. The molecule has 0 spiro atoms. The van der Waals surface area contributed by atoms with Crippen LogP contribution in [-0.4, -0.2) is 50.5 Å². The summed E-state index contributed by atoms with van der Waals surface area (Å²) in [6, 6.07) is 12.3. The lowest BCUT2D eigenvalue weighted by atomic mass is 10.1. The number of hydrogen-bond donors (Lipinski definition) is 1. The van der Waals surface area contributed by atoms with Gasteiger partial charge in [-0.25, -0.2) is 8.42 Å². The zero-order chi connectivity index (χ0) is 26.3. The lowest BCUT2D eigenvalue weighted by Crippen LogP contribution is -2.52. The van der Waals surface area contributed by atoms with E-state index in [0.717, 1.165) is 32.8 Å². The van der Waals surface area contributed by atoms with Crippen LogP contribution in [0.15, 0.2) is 42.5 Å². The van der Waals surface area contributed by atoms with Crippen molar-refractivity contribution in [3.8, 4) is 0 Å². The summed E-state index contributed by atoms with van der Waals surface area (Å²) >= 11 is 0. The molecule has 2 rings (SSSR count). The van der Waals surface area contributed by atoms with Crippen molar-refractivity contribution >= 4 is 27.5 Å². The predicted octanol–water partition coefficient (Wildman–Crippen LogP) is 3.96. The van der Waals surface area contributed by atoms with E-state index in [2.05, 4.69) is 5.32 Å². The van der Waals surface area contributed by atoms with Crippen molar-refractivity contribution in [3.05, 3.63) is 64.7 Å². The molecule has 1 N–H and O–H groups in total. The summed E-state index contributed by atoms with van der Waals surface area (Å²) in [5, 5.41) is 2.93. The molecule has 0 aliphatic carbocycles. The smallest absolute Gasteiger partial charge is 0.244 e. The van der Waals surface area contributed by atoms with Crippen LogP contribution in [-0.2, 0) is 26.2 Å². The Kier molecular flexibility index (Phi) is 9.89. The number of benzene rings is 2. The predicted molar refractivity (Wildman–Crippen MR) is 142 cm³/mol. The van der Waals surface area contributed by atoms with Crippen LogP contribution < -0.4 is 9.62 Å². The van der Waals surface area contributed by atoms with Crippen LogP contribution in [0.2, 0.25) is 0 Å². The summed E-state index contributed by atoms with van der Waals surface area (Å²) < 4.78 is 26.5. The van der Waals surface area contributed by atoms with Gasteiger partial charge in [0.15, 0.2) is 0 Å². The third-order valence-electron chi connectivity index (χ3n) is 6.00. The molecule has 1 atom stereocenters. The van der Waals surface area contributed by atoms with Gasteiger partial charge in [0.05, 0.1) is 11.9 Å². The maximum atomic E-state index is 13.7. The highest BCUT2D eigenvalue weighted by Gasteiger charge is 2.31. The molecule has 2 amide bonds. The number of aryl methyl sites for hydroxylation is 3. The average Bonchev–Trinajstić information content (AvgIpc) is 2.78. The van der Waals surface area contributed by atoms with Crippen LogP contribution in [0, 0.1) is 26.7 Å². The average molecular weight is 502 g/mol. The van der Waals surface area contributed by atoms with Gasteiger partial charge in [0.25, 0.3) is 0 Å². The second-order valence-electron chi connectivity index (χ2n) is 9.61. The molecule has 35 heavy (non-hydrogen) atoms. The lowest BCUT2D eigenvalue weighted by molar-refractivity contribution is -0.140. The Morgan fingerprint density at radius 1 is 0.971 bits per heavy atom. The minimum absolute atomic E-state index is 0.206. The zero-order valence-electron chi connectivity index (χ0n) is 22.0. The van der Waals surface area contributed by atoms with Gasteiger partial charge in [-0.1, -0.05) is 56.7 Å². The molecule has 192 valence electrons. The number of anilines is 1. The molecule has 8 heteroatoms. The third kappa shape index (κ3) is 8.09. The fourth-order valence-electron chi connectivity index (χ4n) is 3.73. The van der Waals surface area contributed by atoms with Crippen molar-refractivity contribution in [1.29, 1.82) is 0 Å². The Bertz CT molecular complexity index is 1130. The number of nitrogens with one attached hydrogen (secondary N) is 1. The van der Waals surface area contributed by atoms with E-state index in [1.54, 1.807) is 12.1 Å². The monoisotopic (exact) mass is 501 g/mol. The fourth-order valence-corrected chi connectivity index (χ4v) is 4.57. The van der Waals surface area contributed by atoms with Gasteiger partial charge in [0.2, 0.25) is 21.8 Å². The Balaban J connectivity index is 2.43. The minimum atomic E-state index is -3.74. The van der Waals surface area contributed by atoms with E-state index in [1.807, 2.05) is 71.9 Å². The number of carbonyl (C=O) groups excluding carboxylic acids is 2. The van der Waals surface area contributed by atoms with E-state index in [9.17, 15) is 18.0 Å². The SMILES string of the molecule is CC[C@@H](C(=O)NCC(C)C)N(Cc1ccc(C)cc1)C(=O)CN(c1ccc(C)c(C)c1)S(C)(=O)=O. The van der Waals surface area contributed by atoms with Crippen molar-refractivity contribution in [1.82, 2.24) is 10.2 Å². The highest BCUT2D eigenvalue weighted by molar-refractivity contribution is 7.92. The number of rotatable bonds is 11. The molecular weight excluding hydrogens is 462 g/mol. The molecule has 0 aliphatic rings. The van der Waals surface area contributed by atoms with Crippen molar-refractivity contribution < 1.29 is 18.0 Å². The first-order valence-electron chi connectivity index (χ1n) is 12.0. The van der Waals surface area contributed by atoms with Crippen molar-refractivity contribution in [3.63, 3.8) is 0 Å². The third-order valence-corrected chi connectivity index (χ3v) is 7.14. The van der Waals surface area contributed by atoms with Crippen LogP contribution in [0.25, 0.3) is 0 Å². The molecule has 2 aromatic carbocycles. The van der Waals surface area contributed by atoms with Crippen LogP contribution in [0.4, 0.5) is 5.69 Å². The van der Waals surface area contributed by atoms with Crippen molar-refractivity contribution in [2.24, 2.45) is 5.92 Å². The molecule has 0 heterocycles. The first kappa shape index (κ1) is 28.4. The van der Waals surface area contributed by atoms with Gasteiger partial charge >= 0.3 is 0 Å². The van der Waals surface area contributed by atoms with Crippen LogP contribution >= 0.6 is 0 Å². The van der Waals surface area contributed by atoms with Gasteiger partial charge in [-0.3, -0.25) is 13.9 Å². The van der Waals surface area contributed by atoms with E-state index in [-0.39, 0.29) is 24.9 Å². The maximum absolute atomic E-state index is 13.7. The second kappa shape index (κ2) is 12.2. The highest BCUT2D eigenvalue weighted by atomic mass is 32.2. The summed E-state index contributed by atoms with van der Waals surface area (Å²) in [6.07, 6.45) is 1.50. The summed E-state index contributed by atoms with van der Waals surface area (Å²) in [4.78, 5) is 28.2. The summed E-state index contributed by atoms with van der Waals surface area (Å²) in [5.74, 6) is -0.400. The van der Waals surface area contributed by atoms with E-state index < -0.39 is 22.0 Å². The molecule has 2 aromatic rings. The van der Waals surface area contributed by atoms with E-state index in [1.165, 1.54) is 4.90 Å². The minimum Gasteiger partial charge on any atom is -0.354 e. The van der Waals surface area contributed by atoms with Crippen LogP contribution in [0.3, 0.4) is 0 Å². The second-order valence-corrected chi connectivity index (χ2v) is 11.5. The van der Waals surface area contributed by atoms with Crippen molar-refractivity contribution in [2.75, 3.05) is 23.7 Å². The molecule has 0 radical (unpaired) electrons. The van der Waals surface area contributed by atoms with Gasteiger partial charge < -0.3 is 10.2 Å². The molecule has 0 aromatic heterocycles. The Labute approximate surface area is 210 Å². The first-order chi connectivity index (χ1) is 16.3. The molecule has 7 nitrogen and oxygen atoms in total. The van der Waals surface area contributed by atoms with E-state index in [0.29, 0.717) is 18.7 Å². The molecule has 0 bridgehead atoms. The largest absolute Gasteiger partial charge is 0.354 e. The van der Waals surface area contributed by atoms with E-state index in [4.69, 9.17) is 0 Å². The number of sulfonamides is 1. The van der Waals surface area contributed by atoms with Gasteiger partial charge in [-0.15, -0.1) is 0 Å². The Morgan fingerprint density at radius 3 is 2.11 bits per heavy atom. The molecule has 0 aliphatic heterocycles. The van der Waals surface area contributed by atoms with Gasteiger partial charge in [-0.2, -0.15) is 0 Å².